The van der Waals surface area contributed by atoms with Gasteiger partial charge in [0.1, 0.15) is 0 Å². The lowest BCUT2D eigenvalue weighted by atomic mass is 9.84. The molecule has 3 heteroatoms. The molecule has 0 saturated carbocycles. The van der Waals surface area contributed by atoms with Crippen molar-refractivity contribution in [3.63, 3.8) is 0 Å². The summed E-state index contributed by atoms with van der Waals surface area (Å²) in [5.41, 5.74) is 1.35. The summed E-state index contributed by atoms with van der Waals surface area (Å²) >= 11 is 0. The van der Waals surface area contributed by atoms with Crippen molar-refractivity contribution in [3.8, 4) is 0 Å². The molecule has 0 aliphatic carbocycles. The summed E-state index contributed by atoms with van der Waals surface area (Å²) in [6.07, 6.45) is 0.889. The smallest absolute Gasteiger partial charge is 0.303 e. The van der Waals surface area contributed by atoms with Crippen LogP contribution in [0.1, 0.15) is 39.2 Å². The van der Waals surface area contributed by atoms with Crippen LogP contribution in [0.15, 0.2) is 30.3 Å². The van der Waals surface area contributed by atoms with E-state index >= 15 is 0 Å². The zero-order chi connectivity index (χ0) is 13.6. The Morgan fingerprint density at radius 2 is 1.94 bits per heavy atom. The highest BCUT2D eigenvalue weighted by Gasteiger charge is 2.20. The van der Waals surface area contributed by atoms with Gasteiger partial charge in [0.2, 0.25) is 0 Å². The molecule has 1 unspecified atom stereocenters. The maximum absolute atomic E-state index is 10.5. The minimum atomic E-state index is -0.731. The maximum atomic E-state index is 10.5. The number of carboxylic acids is 1. The zero-order valence-corrected chi connectivity index (χ0v) is 11.4. The Morgan fingerprint density at radius 3 is 2.50 bits per heavy atom. The highest BCUT2D eigenvalue weighted by molar-refractivity contribution is 5.66. The molecule has 0 amide bonds. The van der Waals surface area contributed by atoms with Crippen LogP contribution in [-0.2, 0) is 10.2 Å². The molecule has 0 saturated heterocycles. The summed E-state index contributed by atoms with van der Waals surface area (Å²) in [5, 5.41) is 12.1. The number of aliphatic carboxylic acids is 1. The van der Waals surface area contributed by atoms with Crippen LogP contribution < -0.4 is 5.32 Å². The van der Waals surface area contributed by atoms with Gasteiger partial charge in [-0.25, -0.2) is 0 Å². The number of carboxylic acid groups (broad SMARTS) is 1. The Labute approximate surface area is 109 Å². The topological polar surface area (TPSA) is 49.3 Å². The summed E-state index contributed by atoms with van der Waals surface area (Å²) in [6.45, 7) is 7.26. The van der Waals surface area contributed by atoms with E-state index in [1.165, 1.54) is 5.56 Å². The molecule has 0 fully saturated rings. The quantitative estimate of drug-likeness (QED) is 0.781. The van der Waals surface area contributed by atoms with Crippen LogP contribution in [-0.4, -0.2) is 23.7 Å². The van der Waals surface area contributed by atoms with E-state index in [4.69, 9.17) is 5.11 Å². The molecule has 0 bridgehead atoms. The van der Waals surface area contributed by atoms with E-state index in [1.54, 1.807) is 0 Å². The van der Waals surface area contributed by atoms with Crippen LogP contribution in [0.5, 0.6) is 0 Å². The Hall–Kier alpha value is -1.35. The fourth-order valence-corrected chi connectivity index (χ4v) is 1.86. The first-order valence-corrected chi connectivity index (χ1v) is 6.42. The summed E-state index contributed by atoms with van der Waals surface area (Å²) in [7, 11) is 0. The van der Waals surface area contributed by atoms with Crippen molar-refractivity contribution >= 4 is 5.97 Å². The van der Waals surface area contributed by atoms with Crippen LogP contribution in [0.2, 0.25) is 0 Å². The number of carbonyl (C=O) groups is 1. The van der Waals surface area contributed by atoms with E-state index in [0.717, 1.165) is 6.54 Å². The first-order valence-electron chi connectivity index (χ1n) is 6.42. The average molecular weight is 249 g/mol. The molecule has 0 aliphatic heterocycles. The second-order valence-electron chi connectivity index (χ2n) is 5.46. The Bertz CT molecular complexity index is 373. The Kier molecular flexibility index (Phi) is 5.35. The van der Waals surface area contributed by atoms with Gasteiger partial charge in [0.05, 0.1) is 0 Å². The first-order chi connectivity index (χ1) is 8.42. The third-order valence-corrected chi connectivity index (χ3v) is 3.24. The van der Waals surface area contributed by atoms with Gasteiger partial charge in [-0.15, -0.1) is 0 Å². The average Bonchev–Trinajstić information content (AvgIpc) is 2.35. The van der Waals surface area contributed by atoms with Crippen molar-refractivity contribution in [1.29, 1.82) is 0 Å². The van der Waals surface area contributed by atoms with Crippen LogP contribution in [0.25, 0.3) is 0 Å². The zero-order valence-electron chi connectivity index (χ0n) is 11.4. The third kappa shape index (κ3) is 4.88. The molecule has 18 heavy (non-hydrogen) atoms. The highest BCUT2D eigenvalue weighted by atomic mass is 16.4. The predicted octanol–water partition coefficient (Wildman–Crippen LogP) is 2.81. The second kappa shape index (κ2) is 6.55. The molecule has 0 aliphatic rings. The van der Waals surface area contributed by atoms with Crippen LogP contribution in [0.4, 0.5) is 0 Å². The van der Waals surface area contributed by atoms with Crippen molar-refractivity contribution in [2.45, 2.75) is 45.1 Å². The molecule has 1 aromatic rings. The van der Waals surface area contributed by atoms with Crippen molar-refractivity contribution in [3.05, 3.63) is 35.9 Å². The lowest BCUT2D eigenvalue weighted by molar-refractivity contribution is -0.137. The van der Waals surface area contributed by atoms with Crippen LogP contribution >= 0.6 is 0 Å². The Balaban J connectivity index is 2.44. The van der Waals surface area contributed by atoms with Gasteiger partial charge in [0.15, 0.2) is 0 Å². The van der Waals surface area contributed by atoms with E-state index in [9.17, 15) is 4.79 Å². The molecule has 2 N–H and O–H groups in total. The lowest BCUT2D eigenvalue weighted by Crippen LogP contribution is -2.38. The molecule has 1 atom stereocenters. The summed E-state index contributed by atoms with van der Waals surface area (Å²) < 4.78 is 0. The molecular formula is C15H23NO2. The molecular weight excluding hydrogens is 226 g/mol. The summed E-state index contributed by atoms with van der Waals surface area (Å²) in [5.74, 6) is -0.731. The largest absolute Gasteiger partial charge is 0.481 e. The van der Waals surface area contributed by atoms with Gasteiger partial charge in [-0.1, -0.05) is 44.2 Å². The monoisotopic (exact) mass is 249 g/mol. The fraction of sp³-hybridized carbons (Fsp3) is 0.533. The van der Waals surface area contributed by atoms with Crippen molar-refractivity contribution in [2.75, 3.05) is 6.54 Å². The number of hydrogen-bond acceptors (Lipinski definition) is 2. The molecule has 0 aromatic heterocycles. The van der Waals surface area contributed by atoms with Gasteiger partial charge in [0.25, 0.3) is 0 Å². The number of benzene rings is 1. The van der Waals surface area contributed by atoms with Crippen LogP contribution in [0.3, 0.4) is 0 Å². The standard InChI is InChI=1S/C15H23NO2/c1-12(9-10-14(17)18)16-11-15(2,3)13-7-5-4-6-8-13/h4-8,12,16H,9-11H2,1-3H3,(H,17,18). The first kappa shape index (κ1) is 14.7. The van der Waals surface area contributed by atoms with Crippen molar-refractivity contribution in [2.24, 2.45) is 0 Å². The van der Waals surface area contributed by atoms with E-state index in [-0.39, 0.29) is 17.9 Å². The van der Waals surface area contributed by atoms with Gasteiger partial charge in [-0.3, -0.25) is 4.79 Å². The van der Waals surface area contributed by atoms with Gasteiger partial charge in [-0.05, 0) is 18.9 Å². The van der Waals surface area contributed by atoms with Gasteiger partial charge in [0, 0.05) is 24.4 Å². The van der Waals surface area contributed by atoms with E-state index in [0.29, 0.717) is 6.42 Å². The molecule has 0 heterocycles. The minimum absolute atomic E-state index is 0.0543. The SMILES string of the molecule is CC(CCC(=O)O)NCC(C)(C)c1ccccc1. The fourth-order valence-electron chi connectivity index (χ4n) is 1.86. The van der Waals surface area contributed by atoms with Crippen LogP contribution in [0, 0.1) is 0 Å². The van der Waals surface area contributed by atoms with Gasteiger partial charge >= 0.3 is 5.97 Å². The summed E-state index contributed by atoms with van der Waals surface area (Å²) in [6, 6.07) is 10.6. The van der Waals surface area contributed by atoms with Crippen molar-refractivity contribution < 1.29 is 9.90 Å². The van der Waals surface area contributed by atoms with Gasteiger partial charge in [-0.2, -0.15) is 0 Å². The molecule has 3 nitrogen and oxygen atoms in total. The highest BCUT2D eigenvalue weighted by Crippen LogP contribution is 2.21. The minimum Gasteiger partial charge on any atom is -0.481 e. The molecule has 0 radical (unpaired) electrons. The molecule has 1 aromatic carbocycles. The number of hydrogen-bond donors (Lipinski definition) is 2. The molecule has 100 valence electrons. The predicted molar refractivity (Wildman–Crippen MR) is 73.8 cm³/mol. The number of rotatable bonds is 7. The number of nitrogens with one attached hydrogen (secondary N) is 1. The molecule has 0 spiro atoms. The van der Waals surface area contributed by atoms with Gasteiger partial charge < -0.3 is 10.4 Å². The second-order valence-corrected chi connectivity index (χ2v) is 5.46. The van der Waals surface area contributed by atoms with Crippen molar-refractivity contribution in [1.82, 2.24) is 5.32 Å². The summed E-state index contributed by atoms with van der Waals surface area (Å²) in [4.78, 5) is 10.5. The maximum Gasteiger partial charge on any atom is 0.303 e. The normalized spacial score (nSPS) is 13.3. The van der Waals surface area contributed by atoms with E-state index < -0.39 is 5.97 Å². The lowest BCUT2D eigenvalue weighted by Gasteiger charge is -2.27. The van der Waals surface area contributed by atoms with E-state index in [1.807, 2.05) is 25.1 Å². The third-order valence-electron chi connectivity index (χ3n) is 3.24. The Morgan fingerprint density at radius 1 is 1.33 bits per heavy atom. The molecule has 1 rings (SSSR count). The van der Waals surface area contributed by atoms with E-state index in [2.05, 4.69) is 31.3 Å².